The van der Waals surface area contributed by atoms with E-state index in [1.54, 1.807) is 0 Å². The molecule has 6 heteroatoms. The quantitative estimate of drug-likeness (QED) is 0.0365. The lowest BCUT2D eigenvalue weighted by Crippen LogP contribution is -2.28. The van der Waals surface area contributed by atoms with E-state index in [1.807, 2.05) is 0 Å². The second-order valence-corrected chi connectivity index (χ2v) is 15.6. The Labute approximate surface area is 351 Å². The highest BCUT2D eigenvalue weighted by Crippen LogP contribution is 2.19. The second kappa shape index (κ2) is 45.6. The summed E-state index contributed by atoms with van der Waals surface area (Å²) in [7, 11) is 0. The maximum Gasteiger partial charge on any atom is 0.322 e. The number of rotatable bonds is 42. The molecule has 0 heterocycles. The summed E-state index contributed by atoms with van der Waals surface area (Å²) in [6.07, 6.45) is 61.7. The highest BCUT2D eigenvalue weighted by atomic mass is 16.5. The van der Waals surface area contributed by atoms with Crippen molar-refractivity contribution in [3.8, 4) is 0 Å². The Morgan fingerprint density at radius 2 is 0.860 bits per heavy atom. The summed E-state index contributed by atoms with van der Waals surface area (Å²) in [6.45, 7) is 4.12. The molecule has 0 rings (SSSR count). The molecule has 57 heavy (non-hydrogen) atoms. The van der Waals surface area contributed by atoms with Gasteiger partial charge in [0.2, 0.25) is 5.91 Å². The number of carbonyl (C=O) groups excluding carboxylic acids is 2. The monoisotopic (exact) mass is 794 g/mol. The second-order valence-electron chi connectivity index (χ2n) is 15.6. The Balaban J connectivity index is 4.25. The Morgan fingerprint density at radius 3 is 1.30 bits per heavy atom. The number of carbonyl (C=O) groups is 3. The lowest BCUT2D eigenvalue weighted by atomic mass is 10.0. The standard InChI is InChI=1S/C51H87NO5/c1-3-5-7-9-11-13-15-17-19-20-21-22-23-24-25-27-29-31-33-38-42-46-51(56)57-48(44-40-36-34-37-41-45-49(53)52-47-50(54)55)43-39-35-32-30-28-26-18-16-14-12-10-8-6-4-2/h5,7,11,13,17,19,21-22,24-25,29,31,48H,3-4,6,8-10,12,14-16,18,20,23,26-28,30,32-47H2,1-2H3,(H,52,53)(H,54,55)/b7-5-,13-11-,19-17-,22-21-,25-24-,31-29-. The third kappa shape index (κ3) is 45.4. The van der Waals surface area contributed by atoms with Gasteiger partial charge in [-0.2, -0.15) is 0 Å². The van der Waals surface area contributed by atoms with E-state index >= 15 is 0 Å². The third-order valence-corrected chi connectivity index (χ3v) is 10.1. The molecule has 0 saturated carbocycles. The largest absolute Gasteiger partial charge is 0.480 e. The first kappa shape index (κ1) is 53.9. The normalized spacial score (nSPS) is 12.7. The van der Waals surface area contributed by atoms with Crippen LogP contribution in [0.4, 0.5) is 0 Å². The smallest absolute Gasteiger partial charge is 0.322 e. The molecule has 1 atom stereocenters. The van der Waals surface area contributed by atoms with Gasteiger partial charge in [0, 0.05) is 12.8 Å². The Morgan fingerprint density at radius 1 is 0.474 bits per heavy atom. The summed E-state index contributed by atoms with van der Waals surface area (Å²) < 4.78 is 6.03. The minimum atomic E-state index is -1.02. The predicted octanol–water partition coefficient (Wildman–Crippen LogP) is 15.0. The van der Waals surface area contributed by atoms with Gasteiger partial charge < -0.3 is 15.2 Å². The van der Waals surface area contributed by atoms with Gasteiger partial charge in [0.15, 0.2) is 0 Å². The zero-order chi connectivity index (χ0) is 41.5. The summed E-state index contributed by atoms with van der Waals surface area (Å²) in [5.74, 6) is -1.27. The summed E-state index contributed by atoms with van der Waals surface area (Å²) in [5, 5.41) is 11.1. The number of ether oxygens (including phenoxy) is 1. The molecule has 0 saturated heterocycles. The van der Waals surface area contributed by atoms with Gasteiger partial charge in [0.05, 0.1) is 0 Å². The number of aliphatic carboxylic acids is 1. The molecule has 2 N–H and O–H groups in total. The van der Waals surface area contributed by atoms with Crippen molar-refractivity contribution >= 4 is 17.8 Å². The van der Waals surface area contributed by atoms with Crippen molar-refractivity contribution < 1.29 is 24.2 Å². The first-order valence-corrected chi connectivity index (χ1v) is 23.6. The van der Waals surface area contributed by atoms with Crippen molar-refractivity contribution in [1.82, 2.24) is 5.32 Å². The molecular formula is C51H87NO5. The van der Waals surface area contributed by atoms with Crippen LogP contribution < -0.4 is 5.32 Å². The van der Waals surface area contributed by atoms with Crippen LogP contribution in [0.3, 0.4) is 0 Å². The summed E-state index contributed by atoms with van der Waals surface area (Å²) >= 11 is 0. The molecule has 1 amide bonds. The van der Waals surface area contributed by atoms with Crippen LogP contribution in [0.15, 0.2) is 72.9 Å². The average Bonchev–Trinajstić information content (AvgIpc) is 3.20. The van der Waals surface area contributed by atoms with Gasteiger partial charge in [-0.05, 0) is 89.9 Å². The number of carboxylic acid groups (broad SMARTS) is 1. The third-order valence-electron chi connectivity index (χ3n) is 10.1. The lowest BCUT2D eigenvalue weighted by Gasteiger charge is -2.18. The number of nitrogens with one attached hydrogen (secondary N) is 1. The van der Waals surface area contributed by atoms with Crippen LogP contribution >= 0.6 is 0 Å². The number of unbranched alkanes of at least 4 members (excludes halogenated alkanes) is 19. The maximum absolute atomic E-state index is 12.8. The highest BCUT2D eigenvalue weighted by Gasteiger charge is 2.14. The molecule has 0 spiro atoms. The molecule has 0 aromatic rings. The Kier molecular flexibility index (Phi) is 43.0. The molecule has 0 aliphatic rings. The van der Waals surface area contributed by atoms with Crippen molar-refractivity contribution in [2.75, 3.05) is 6.54 Å². The molecule has 1 unspecified atom stereocenters. The first-order valence-electron chi connectivity index (χ1n) is 23.6. The van der Waals surface area contributed by atoms with Gasteiger partial charge in [-0.25, -0.2) is 0 Å². The van der Waals surface area contributed by atoms with Crippen LogP contribution in [0.25, 0.3) is 0 Å². The van der Waals surface area contributed by atoms with Crippen molar-refractivity contribution in [3.05, 3.63) is 72.9 Å². The maximum atomic E-state index is 12.8. The summed E-state index contributed by atoms with van der Waals surface area (Å²) in [6, 6.07) is 0. The molecule has 326 valence electrons. The summed E-state index contributed by atoms with van der Waals surface area (Å²) in [5.41, 5.74) is 0. The number of esters is 1. The van der Waals surface area contributed by atoms with Crippen LogP contribution in [-0.4, -0.2) is 35.6 Å². The van der Waals surface area contributed by atoms with Crippen molar-refractivity contribution in [1.29, 1.82) is 0 Å². The predicted molar refractivity (Wildman–Crippen MR) is 244 cm³/mol. The molecule has 6 nitrogen and oxygen atoms in total. The molecule has 0 bridgehead atoms. The van der Waals surface area contributed by atoms with Crippen molar-refractivity contribution in [3.63, 3.8) is 0 Å². The minimum absolute atomic E-state index is 0.0000117. The highest BCUT2D eigenvalue weighted by molar-refractivity contribution is 5.80. The SMILES string of the molecule is CC/C=C\C/C=C\C/C=C\C/C=C\C/C=C\C/C=C\CCCCC(=O)OC(CCCCCCCCCCCCCCCC)CCCCCCCC(=O)NCC(=O)O. The van der Waals surface area contributed by atoms with Crippen molar-refractivity contribution in [2.45, 2.75) is 225 Å². The lowest BCUT2D eigenvalue weighted by molar-refractivity contribution is -0.150. The first-order chi connectivity index (χ1) is 28.0. The van der Waals surface area contributed by atoms with E-state index in [1.165, 1.54) is 83.5 Å². The van der Waals surface area contributed by atoms with Gasteiger partial charge in [0.25, 0.3) is 0 Å². The van der Waals surface area contributed by atoms with Gasteiger partial charge in [0.1, 0.15) is 12.6 Å². The summed E-state index contributed by atoms with van der Waals surface area (Å²) in [4.78, 5) is 35.1. The van der Waals surface area contributed by atoms with E-state index in [2.05, 4.69) is 92.1 Å². The number of carboxylic acids is 1. The molecule has 0 aromatic carbocycles. The fourth-order valence-electron chi connectivity index (χ4n) is 6.70. The molecule has 0 aliphatic heterocycles. The Bertz CT molecular complexity index is 1100. The van der Waals surface area contributed by atoms with E-state index in [0.29, 0.717) is 12.8 Å². The van der Waals surface area contributed by atoms with Crippen LogP contribution in [0.5, 0.6) is 0 Å². The van der Waals surface area contributed by atoms with Crippen LogP contribution in [-0.2, 0) is 19.1 Å². The average molecular weight is 794 g/mol. The van der Waals surface area contributed by atoms with E-state index in [-0.39, 0.29) is 24.5 Å². The fourth-order valence-corrected chi connectivity index (χ4v) is 6.70. The minimum Gasteiger partial charge on any atom is -0.480 e. The van der Waals surface area contributed by atoms with E-state index in [0.717, 1.165) is 109 Å². The van der Waals surface area contributed by atoms with E-state index < -0.39 is 5.97 Å². The van der Waals surface area contributed by atoms with Gasteiger partial charge in [-0.3, -0.25) is 14.4 Å². The van der Waals surface area contributed by atoms with E-state index in [9.17, 15) is 14.4 Å². The van der Waals surface area contributed by atoms with Crippen LogP contribution in [0.2, 0.25) is 0 Å². The van der Waals surface area contributed by atoms with Gasteiger partial charge >= 0.3 is 11.9 Å². The fraction of sp³-hybridized carbons (Fsp3) is 0.706. The van der Waals surface area contributed by atoms with Crippen molar-refractivity contribution in [2.24, 2.45) is 0 Å². The topological polar surface area (TPSA) is 92.7 Å². The van der Waals surface area contributed by atoms with E-state index in [4.69, 9.17) is 9.84 Å². The molecule has 0 aliphatic carbocycles. The number of amides is 1. The molecule has 0 aromatic heterocycles. The number of hydrogen-bond acceptors (Lipinski definition) is 4. The van der Waals surface area contributed by atoms with Gasteiger partial charge in [-0.15, -0.1) is 0 Å². The van der Waals surface area contributed by atoms with Crippen LogP contribution in [0, 0.1) is 0 Å². The van der Waals surface area contributed by atoms with Crippen LogP contribution in [0.1, 0.15) is 219 Å². The Hall–Kier alpha value is -3.15. The zero-order valence-corrected chi connectivity index (χ0v) is 36.9. The van der Waals surface area contributed by atoms with Gasteiger partial charge in [-0.1, -0.05) is 189 Å². The molecule has 0 radical (unpaired) electrons. The number of allylic oxidation sites excluding steroid dienone is 12. The zero-order valence-electron chi connectivity index (χ0n) is 36.9. The molecular weight excluding hydrogens is 707 g/mol. The number of hydrogen-bond donors (Lipinski definition) is 2. The molecule has 0 fully saturated rings.